The van der Waals surface area contributed by atoms with Crippen LogP contribution in [-0.4, -0.2) is 52.4 Å². The number of nitrogens with one attached hydrogen (secondary N) is 1. The summed E-state index contributed by atoms with van der Waals surface area (Å²) in [6.45, 7) is 9.57. The quantitative estimate of drug-likeness (QED) is 0.201. The molecule has 174 valence electrons. The molecule has 0 spiro atoms. The molecule has 0 unspecified atom stereocenters. The Bertz CT molecular complexity index is 1230. The first-order valence-electron chi connectivity index (χ1n) is 10.3. The van der Waals surface area contributed by atoms with E-state index in [1.807, 2.05) is 13.8 Å². The molecule has 1 amide bonds. The van der Waals surface area contributed by atoms with Gasteiger partial charge >= 0.3 is 5.97 Å². The number of ether oxygens (including phenoxy) is 1. The highest BCUT2D eigenvalue weighted by molar-refractivity contribution is 7.99. The third-order valence-corrected chi connectivity index (χ3v) is 6.82. The van der Waals surface area contributed by atoms with E-state index in [2.05, 4.69) is 26.8 Å². The first-order valence-corrected chi connectivity index (χ1v) is 12.1. The Morgan fingerprint density at radius 3 is 2.67 bits per heavy atom. The molecule has 0 aliphatic rings. The van der Waals surface area contributed by atoms with Gasteiger partial charge in [0.15, 0.2) is 15.9 Å². The van der Waals surface area contributed by atoms with E-state index in [9.17, 15) is 14.4 Å². The molecule has 2 aromatic heterocycles. The van der Waals surface area contributed by atoms with Gasteiger partial charge in [-0.25, -0.2) is 9.78 Å². The van der Waals surface area contributed by atoms with E-state index in [4.69, 9.17) is 4.74 Å². The predicted octanol–water partition coefficient (Wildman–Crippen LogP) is 3.40. The monoisotopic (exact) mass is 487 g/mol. The Labute approximate surface area is 199 Å². The molecular weight excluding hydrogens is 462 g/mol. The van der Waals surface area contributed by atoms with Gasteiger partial charge in [0.2, 0.25) is 5.91 Å². The van der Waals surface area contributed by atoms with Gasteiger partial charge in [0.25, 0.3) is 5.56 Å². The van der Waals surface area contributed by atoms with Crippen LogP contribution in [-0.2, 0) is 16.1 Å². The van der Waals surface area contributed by atoms with E-state index in [0.717, 1.165) is 30.0 Å². The fraction of sp³-hybridized carbons (Fsp3) is 0.318. The van der Waals surface area contributed by atoms with E-state index < -0.39 is 5.97 Å². The highest BCUT2D eigenvalue weighted by Crippen LogP contribution is 2.27. The molecule has 1 N–H and O–H groups in total. The zero-order valence-electron chi connectivity index (χ0n) is 18.7. The number of thioether (sulfide) groups is 1. The number of carbonyl (C=O) groups excluding carboxylic acids is 2. The maximum Gasteiger partial charge on any atom is 0.339 e. The van der Waals surface area contributed by atoms with Gasteiger partial charge in [0.05, 0.1) is 24.1 Å². The van der Waals surface area contributed by atoms with Crippen LogP contribution in [0.15, 0.2) is 46.9 Å². The van der Waals surface area contributed by atoms with E-state index >= 15 is 0 Å². The van der Waals surface area contributed by atoms with Crippen LogP contribution in [0.5, 0.6) is 0 Å². The van der Waals surface area contributed by atoms with Gasteiger partial charge in [-0.05, 0) is 26.0 Å². The minimum atomic E-state index is -0.543. The zero-order valence-corrected chi connectivity index (χ0v) is 20.3. The minimum Gasteiger partial charge on any atom is -0.465 e. The van der Waals surface area contributed by atoms with Crippen molar-refractivity contribution in [3.05, 3.63) is 52.8 Å². The van der Waals surface area contributed by atoms with Gasteiger partial charge in [-0.2, -0.15) is 4.98 Å². The van der Waals surface area contributed by atoms with Crippen LogP contribution in [0.3, 0.4) is 0 Å². The summed E-state index contributed by atoms with van der Waals surface area (Å²) in [4.78, 5) is 48.8. The van der Waals surface area contributed by atoms with Gasteiger partial charge in [-0.3, -0.25) is 14.2 Å². The SMILES string of the molecule is C=CCn1c(SCC(=O)Nc2ccccc2C(=O)OC)nc2nc(N(CC)CC)sc2c1=O. The molecule has 0 bridgehead atoms. The summed E-state index contributed by atoms with van der Waals surface area (Å²) in [5, 5.41) is 3.83. The molecule has 33 heavy (non-hydrogen) atoms. The van der Waals surface area contributed by atoms with E-state index in [1.54, 1.807) is 30.3 Å². The average molecular weight is 488 g/mol. The molecule has 0 saturated carbocycles. The third-order valence-electron chi connectivity index (χ3n) is 4.75. The van der Waals surface area contributed by atoms with Gasteiger partial charge in [-0.15, -0.1) is 6.58 Å². The van der Waals surface area contributed by atoms with E-state index in [-0.39, 0.29) is 29.3 Å². The number of nitrogens with zero attached hydrogens (tertiary/aromatic N) is 4. The average Bonchev–Trinajstić information content (AvgIpc) is 3.24. The topological polar surface area (TPSA) is 106 Å². The van der Waals surface area contributed by atoms with Gasteiger partial charge in [0, 0.05) is 19.6 Å². The number of hydrogen-bond acceptors (Lipinski definition) is 9. The van der Waals surface area contributed by atoms with Crippen molar-refractivity contribution in [3.63, 3.8) is 0 Å². The second kappa shape index (κ2) is 11.1. The Hall–Kier alpha value is -3.18. The van der Waals surface area contributed by atoms with Crippen molar-refractivity contribution in [2.45, 2.75) is 25.5 Å². The first kappa shape index (κ1) is 24.5. The Morgan fingerprint density at radius 2 is 2.00 bits per heavy atom. The first-order chi connectivity index (χ1) is 15.9. The molecule has 0 aliphatic heterocycles. The molecule has 1 aromatic carbocycles. The summed E-state index contributed by atoms with van der Waals surface area (Å²) in [5.74, 6) is -0.909. The number of fused-ring (bicyclic) bond motifs is 1. The fourth-order valence-corrected chi connectivity index (χ4v) is 4.98. The van der Waals surface area contributed by atoms with Crippen molar-refractivity contribution in [1.29, 1.82) is 0 Å². The molecule has 3 rings (SSSR count). The maximum atomic E-state index is 13.1. The summed E-state index contributed by atoms with van der Waals surface area (Å²) in [6.07, 6.45) is 1.61. The number of thiazole rings is 1. The van der Waals surface area contributed by atoms with Crippen molar-refractivity contribution in [3.8, 4) is 0 Å². The summed E-state index contributed by atoms with van der Waals surface area (Å²) in [6, 6.07) is 6.59. The number of allylic oxidation sites excluding steroid dienone is 1. The van der Waals surface area contributed by atoms with Crippen LogP contribution in [0.2, 0.25) is 0 Å². The largest absolute Gasteiger partial charge is 0.465 e. The Balaban J connectivity index is 1.85. The highest BCUT2D eigenvalue weighted by atomic mass is 32.2. The van der Waals surface area contributed by atoms with Crippen LogP contribution in [0.25, 0.3) is 10.3 Å². The number of anilines is 2. The minimum absolute atomic E-state index is 0.0162. The lowest BCUT2D eigenvalue weighted by Gasteiger charge is -2.15. The number of carbonyl (C=O) groups is 2. The summed E-state index contributed by atoms with van der Waals surface area (Å²) < 4.78 is 6.71. The molecule has 0 fully saturated rings. The number of hydrogen-bond donors (Lipinski definition) is 1. The Morgan fingerprint density at radius 1 is 1.27 bits per heavy atom. The standard InChI is InChI=1S/C22H25N5O4S2/c1-5-12-27-19(29)17-18(24-21(33-17)26(6-2)7-3)25-22(27)32-13-16(28)23-15-11-9-8-10-14(15)20(30)31-4/h5,8-11H,1,6-7,12-13H2,2-4H3,(H,23,28). The molecule has 9 nitrogen and oxygen atoms in total. The predicted molar refractivity (Wildman–Crippen MR) is 133 cm³/mol. The van der Waals surface area contributed by atoms with Crippen molar-refractivity contribution < 1.29 is 14.3 Å². The second-order valence-electron chi connectivity index (χ2n) is 6.79. The molecule has 2 heterocycles. The normalized spacial score (nSPS) is 10.8. The maximum absolute atomic E-state index is 13.1. The second-order valence-corrected chi connectivity index (χ2v) is 8.71. The lowest BCUT2D eigenvalue weighted by molar-refractivity contribution is -0.113. The third kappa shape index (κ3) is 5.42. The van der Waals surface area contributed by atoms with Gasteiger partial charge in [0.1, 0.15) is 4.70 Å². The van der Waals surface area contributed by atoms with Crippen LogP contribution in [0.4, 0.5) is 10.8 Å². The van der Waals surface area contributed by atoms with Crippen molar-refractivity contribution >= 4 is 56.1 Å². The zero-order chi connectivity index (χ0) is 24.0. The van der Waals surface area contributed by atoms with Gasteiger partial charge < -0.3 is 15.0 Å². The number of methoxy groups -OCH3 is 1. The number of aromatic nitrogens is 3. The Kier molecular flexibility index (Phi) is 8.23. The molecule has 3 aromatic rings. The summed E-state index contributed by atoms with van der Waals surface area (Å²) in [7, 11) is 1.28. The van der Waals surface area contributed by atoms with Crippen LogP contribution in [0.1, 0.15) is 24.2 Å². The molecular formula is C22H25N5O4S2. The molecule has 11 heteroatoms. The number of benzene rings is 1. The molecule has 0 aliphatic carbocycles. The van der Waals surface area contributed by atoms with Gasteiger partial charge in [-0.1, -0.05) is 41.3 Å². The van der Waals surface area contributed by atoms with E-state index in [0.29, 0.717) is 21.2 Å². The number of amides is 1. The highest BCUT2D eigenvalue weighted by Gasteiger charge is 2.19. The molecule has 0 saturated heterocycles. The molecule has 0 radical (unpaired) electrons. The van der Waals surface area contributed by atoms with Crippen molar-refractivity contribution in [2.75, 3.05) is 36.2 Å². The van der Waals surface area contributed by atoms with E-state index in [1.165, 1.54) is 23.0 Å². The molecule has 0 atom stereocenters. The smallest absolute Gasteiger partial charge is 0.339 e. The lowest BCUT2D eigenvalue weighted by Crippen LogP contribution is -2.23. The van der Waals surface area contributed by atoms with Crippen molar-refractivity contribution in [1.82, 2.24) is 14.5 Å². The lowest BCUT2D eigenvalue weighted by atomic mass is 10.2. The van der Waals surface area contributed by atoms with Crippen LogP contribution < -0.4 is 15.8 Å². The number of esters is 1. The van der Waals surface area contributed by atoms with Crippen molar-refractivity contribution in [2.24, 2.45) is 0 Å². The summed E-state index contributed by atoms with van der Waals surface area (Å²) >= 11 is 2.43. The fourth-order valence-electron chi connectivity index (χ4n) is 3.10. The van der Waals surface area contributed by atoms with Crippen LogP contribution >= 0.6 is 23.1 Å². The summed E-state index contributed by atoms with van der Waals surface area (Å²) in [5.41, 5.74) is 0.763. The number of rotatable bonds is 10. The van der Waals surface area contributed by atoms with Crippen LogP contribution in [0, 0.1) is 0 Å². The number of para-hydroxylation sites is 1.